The van der Waals surface area contributed by atoms with Gasteiger partial charge in [0.25, 0.3) is 0 Å². The van der Waals surface area contributed by atoms with Crippen LogP contribution >= 0.6 is 0 Å². The van der Waals surface area contributed by atoms with Gasteiger partial charge in [0.15, 0.2) is 0 Å². The minimum absolute atomic E-state index is 0.0164. The highest BCUT2D eigenvalue weighted by atomic mass is 16.5. The predicted molar refractivity (Wildman–Crippen MR) is 74.7 cm³/mol. The summed E-state index contributed by atoms with van der Waals surface area (Å²) in [6.07, 6.45) is 0.883. The predicted octanol–water partition coefficient (Wildman–Crippen LogP) is 3.38. The van der Waals surface area contributed by atoms with Crippen LogP contribution in [0.3, 0.4) is 0 Å². The van der Waals surface area contributed by atoms with Crippen molar-refractivity contribution in [1.29, 1.82) is 0 Å². The van der Waals surface area contributed by atoms with Crippen molar-refractivity contribution in [2.24, 2.45) is 5.92 Å². The summed E-state index contributed by atoms with van der Waals surface area (Å²) in [4.78, 5) is 11.6. The molecular formula is C15H23NO2. The zero-order valence-electron chi connectivity index (χ0n) is 11.7. The lowest BCUT2D eigenvalue weighted by atomic mass is 10.1. The molecule has 0 aromatic heterocycles. The smallest absolute Gasteiger partial charge is 0.325 e. The molecule has 0 spiro atoms. The van der Waals surface area contributed by atoms with Gasteiger partial charge in [0.2, 0.25) is 0 Å². The zero-order valence-corrected chi connectivity index (χ0v) is 11.7. The molecule has 1 N–H and O–H groups in total. The third-order valence-corrected chi connectivity index (χ3v) is 2.62. The van der Waals surface area contributed by atoms with Crippen molar-refractivity contribution >= 4 is 11.7 Å². The van der Waals surface area contributed by atoms with Crippen LogP contribution in [0, 0.1) is 12.8 Å². The molecule has 1 rings (SSSR count). The molecule has 0 aliphatic heterocycles. The summed E-state index contributed by atoms with van der Waals surface area (Å²) in [5.41, 5.74) is 2.14. The topological polar surface area (TPSA) is 38.3 Å². The molecule has 0 heterocycles. The summed E-state index contributed by atoms with van der Waals surface area (Å²) >= 11 is 0. The number of benzene rings is 1. The van der Waals surface area contributed by atoms with Gasteiger partial charge in [0.1, 0.15) is 6.54 Å². The van der Waals surface area contributed by atoms with Crippen LogP contribution in [0.25, 0.3) is 0 Å². The maximum Gasteiger partial charge on any atom is 0.325 e. The summed E-state index contributed by atoms with van der Waals surface area (Å²) in [5.74, 6) is 0.335. The Morgan fingerprint density at radius 1 is 1.22 bits per heavy atom. The Labute approximate surface area is 110 Å². The molecule has 18 heavy (non-hydrogen) atoms. The lowest BCUT2D eigenvalue weighted by Crippen LogP contribution is -2.22. The Bertz CT molecular complexity index is 371. The molecule has 3 nitrogen and oxygen atoms in total. The minimum atomic E-state index is -0.205. The summed E-state index contributed by atoms with van der Waals surface area (Å²) in [7, 11) is 0. The first kappa shape index (κ1) is 14.6. The Kier molecular flexibility index (Phi) is 5.69. The van der Waals surface area contributed by atoms with Crippen LogP contribution in [-0.2, 0) is 9.53 Å². The van der Waals surface area contributed by atoms with Crippen molar-refractivity contribution in [3.8, 4) is 0 Å². The average Bonchev–Trinajstić information content (AvgIpc) is 2.27. The Hall–Kier alpha value is -1.51. The third kappa shape index (κ3) is 5.71. The first-order chi connectivity index (χ1) is 8.47. The van der Waals surface area contributed by atoms with Crippen LogP contribution in [0.4, 0.5) is 5.69 Å². The molecule has 0 saturated heterocycles. The molecule has 3 heteroatoms. The maximum absolute atomic E-state index is 11.6. The van der Waals surface area contributed by atoms with E-state index in [9.17, 15) is 4.79 Å². The molecule has 1 atom stereocenters. The van der Waals surface area contributed by atoms with E-state index in [0.29, 0.717) is 5.92 Å². The van der Waals surface area contributed by atoms with E-state index in [4.69, 9.17) is 4.74 Å². The van der Waals surface area contributed by atoms with Gasteiger partial charge in [-0.15, -0.1) is 0 Å². The van der Waals surface area contributed by atoms with Gasteiger partial charge >= 0.3 is 5.97 Å². The molecule has 0 aliphatic carbocycles. The number of hydrogen-bond donors (Lipinski definition) is 1. The molecule has 1 aromatic rings. The number of ether oxygens (including phenoxy) is 1. The number of carbonyl (C=O) groups is 1. The van der Waals surface area contributed by atoms with Gasteiger partial charge in [-0.25, -0.2) is 0 Å². The highest BCUT2D eigenvalue weighted by molar-refractivity contribution is 5.75. The van der Waals surface area contributed by atoms with Gasteiger partial charge in [-0.2, -0.15) is 0 Å². The van der Waals surface area contributed by atoms with E-state index in [2.05, 4.69) is 19.2 Å². The van der Waals surface area contributed by atoms with Crippen molar-refractivity contribution in [3.05, 3.63) is 29.8 Å². The fourth-order valence-corrected chi connectivity index (χ4v) is 1.82. The number of anilines is 1. The molecule has 0 amide bonds. The molecule has 0 fully saturated rings. The van der Waals surface area contributed by atoms with Crippen LogP contribution < -0.4 is 5.32 Å². The normalized spacial score (nSPS) is 12.3. The summed E-state index contributed by atoms with van der Waals surface area (Å²) in [5, 5.41) is 3.06. The van der Waals surface area contributed by atoms with Crippen molar-refractivity contribution in [3.63, 3.8) is 0 Å². The van der Waals surface area contributed by atoms with Gasteiger partial charge in [0.05, 0.1) is 6.10 Å². The number of nitrogens with one attached hydrogen (secondary N) is 1. The summed E-state index contributed by atoms with van der Waals surface area (Å²) in [6.45, 7) is 8.42. The van der Waals surface area contributed by atoms with Crippen LogP contribution in [0.5, 0.6) is 0 Å². The van der Waals surface area contributed by atoms with E-state index in [1.807, 2.05) is 38.1 Å². The highest BCUT2D eigenvalue weighted by Crippen LogP contribution is 2.10. The Morgan fingerprint density at radius 3 is 2.39 bits per heavy atom. The van der Waals surface area contributed by atoms with E-state index in [1.54, 1.807) is 0 Å². The molecule has 100 valence electrons. The molecule has 0 saturated carbocycles. The fourth-order valence-electron chi connectivity index (χ4n) is 1.82. The number of aryl methyl sites for hydroxylation is 1. The van der Waals surface area contributed by atoms with Gasteiger partial charge in [-0.3, -0.25) is 4.79 Å². The van der Waals surface area contributed by atoms with Crippen molar-refractivity contribution in [1.82, 2.24) is 0 Å². The molecule has 1 aromatic carbocycles. The fraction of sp³-hybridized carbons (Fsp3) is 0.533. The second-order valence-electron chi connectivity index (χ2n) is 5.15. The monoisotopic (exact) mass is 249 g/mol. The molecule has 0 bridgehead atoms. The SMILES string of the molecule is Cc1ccc(NCC(=O)OC(C)CC(C)C)cc1. The van der Waals surface area contributed by atoms with Crippen molar-refractivity contribution in [2.45, 2.75) is 40.2 Å². The number of rotatable bonds is 6. The highest BCUT2D eigenvalue weighted by Gasteiger charge is 2.10. The molecule has 0 radical (unpaired) electrons. The summed E-state index contributed by atoms with van der Waals surface area (Å²) < 4.78 is 5.31. The standard InChI is InChI=1S/C15H23NO2/c1-11(2)9-13(4)18-15(17)10-16-14-7-5-12(3)6-8-14/h5-8,11,13,16H,9-10H2,1-4H3. The van der Waals surface area contributed by atoms with Crippen LogP contribution in [0.15, 0.2) is 24.3 Å². The Morgan fingerprint density at radius 2 is 1.83 bits per heavy atom. The largest absolute Gasteiger partial charge is 0.461 e. The first-order valence-corrected chi connectivity index (χ1v) is 6.47. The third-order valence-electron chi connectivity index (χ3n) is 2.62. The first-order valence-electron chi connectivity index (χ1n) is 6.47. The average molecular weight is 249 g/mol. The maximum atomic E-state index is 11.6. The van der Waals surface area contributed by atoms with Gasteiger partial charge in [0, 0.05) is 5.69 Å². The van der Waals surface area contributed by atoms with E-state index < -0.39 is 0 Å². The number of esters is 1. The van der Waals surface area contributed by atoms with Gasteiger partial charge in [-0.05, 0) is 38.3 Å². The second kappa shape index (κ2) is 7.04. The lowest BCUT2D eigenvalue weighted by Gasteiger charge is -2.15. The van der Waals surface area contributed by atoms with E-state index >= 15 is 0 Å². The van der Waals surface area contributed by atoms with Crippen LogP contribution in [-0.4, -0.2) is 18.6 Å². The van der Waals surface area contributed by atoms with Gasteiger partial charge < -0.3 is 10.1 Å². The number of carbonyl (C=O) groups excluding carboxylic acids is 1. The van der Waals surface area contributed by atoms with Crippen molar-refractivity contribution in [2.75, 3.05) is 11.9 Å². The van der Waals surface area contributed by atoms with Gasteiger partial charge in [-0.1, -0.05) is 31.5 Å². The Balaban J connectivity index is 2.30. The van der Waals surface area contributed by atoms with Crippen LogP contribution in [0.2, 0.25) is 0 Å². The summed E-state index contributed by atoms with van der Waals surface area (Å²) in [6, 6.07) is 7.93. The van der Waals surface area contributed by atoms with E-state index in [-0.39, 0.29) is 18.6 Å². The minimum Gasteiger partial charge on any atom is -0.461 e. The van der Waals surface area contributed by atoms with E-state index in [1.165, 1.54) is 5.56 Å². The molecular weight excluding hydrogens is 226 g/mol. The number of hydrogen-bond acceptors (Lipinski definition) is 3. The zero-order chi connectivity index (χ0) is 13.5. The quantitative estimate of drug-likeness (QED) is 0.785. The van der Waals surface area contributed by atoms with Crippen LogP contribution in [0.1, 0.15) is 32.8 Å². The van der Waals surface area contributed by atoms with E-state index in [0.717, 1.165) is 12.1 Å². The van der Waals surface area contributed by atoms with Crippen molar-refractivity contribution < 1.29 is 9.53 Å². The second-order valence-corrected chi connectivity index (χ2v) is 5.15. The molecule has 1 unspecified atom stereocenters. The molecule has 0 aliphatic rings. The lowest BCUT2D eigenvalue weighted by molar-refractivity contribution is -0.146.